The molecule has 0 aliphatic carbocycles. The van der Waals surface area contributed by atoms with Gasteiger partial charge in [0.2, 0.25) is 0 Å². The average molecular weight is 398 g/mol. The fourth-order valence-corrected chi connectivity index (χ4v) is 2.85. The maximum atomic E-state index is 12.2. The van der Waals surface area contributed by atoms with Crippen molar-refractivity contribution in [2.75, 3.05) is 0 Å². The molecule has 4 heteroatoms. The molecule has 1 N–H and O–H groups in total. The number of hydrogen-bond donors (Lipinski definition) is 1. The van der Waals surface area contributed by atoms with E-state index in [1.165, 1.54) is 5.56 Å². The third-order valence-electron chi connectivity index (χ3n) is 3.95. The Morgan fingerprint density at radius 1 is 1.12 bits per heavy atom. The largest absolute Gasteiger partial charge is 0.446 e. The van der Waals surface area contributed by atoms with Crippen molar-refractivity contribution in [3.63, 3.8) is 0 Å². The molecule has 0 aromatic heterocycles. The van der Waals surface area contributed by atoms with Gasteiger partial charge in [-0.3, -0.25) is 4.79 Å². The van der Waals surface area contributed by atoms with Gasteiger partial charge in [-0.1, -0.05) is 74.4 Å². The van der Waals surface area contributed by atoms with Crippen LogP contribution in [0.15, 0.2) is 48.5 Å². The minimum atomic E-state index is -0.370. The van der Waals surface area contributed by atoms with Crippen LogP contribution < -0.4 is 5.46 Å². The number of benzene rings is 2. The van der Waals surface area contributed by atoms with E-state index in [1.807, 2.05) is 56.3 Å². The number of rotatable bonds is 3. The molecule has 3 rings (SSSR count). The minimum absolute atomic E-state index is 0. The zero-order valence-electron chi connectivity index (χ0n) is 15.0. The summed E-state index contributed by atoms with van der Waals surface area (Å²) in [5, 5.41) is 10.1. The van der Waals surface area contributed by atoms with Gasteiger partial charge in [-0.2, -0.15) is 0 Å². The molecule has 0 unspecified atom stereocenters. The standard InChI is InChI=1S/C17H17BO2.C2H6.CH3.Y/c19-17(15-5-2-1-3-6-15)12-13-8-9-14-7-4-10-18(20)16(14)11-13;1-2;;/h1-3,5-6,8-9,11,20H,4,7,10,12H2;1-2H3;1H3;/q;;-1;. The van der Waals surface area contributed by atoms with Crippen LogP contribution in [-0.2, 0) is 45.6 Å². The maximum Gasteiger partial charge on any atom is 0.323 e. The van der Waals surface area contributed by atoms with E-state index in [0.29, 0.717) is 6.42 Å². The van der Waals surface area contributed by atoms with E-state index in [2.05, 4.69) is 6.07 Å². The number of ketones is 1. The number of fused-ring (bicyclic) bond motifs is 1. The smallest absolute Gasteiger partial charge is 0.323 e. The Balaban J connectivity index is 0.00000128. The van der Waals surface area contributed by atoms with Gasteiger partial charge in [0.25, 0.3) is 0 Å². The van der Waals surface area contributed by atoms with Crippen molar-refractivity contribution in [3.05, 3.63) is 72.6 Å². The van der Waals surface area contributed by atoms with Crippen LogP contribution in [0.2, 0.25) is 6.32 Å². The van der Waals surface area contributed by atoms with Gasteiger partial charge in [-0.25, -0.2) is 0 Å². The first-order chi connectivity index (χ1) is 10.7. The molecular formula is C20H26BO2Y-. The second-order valence-electron chi connectivity index (χ2n) is 5.41. The average Bonchev–Trinajstić information content (AvgIpc) is 2.58. The Bertz CT molecular complexity index is 629. The number of carbonyl (C=O) groups is 1. The van der Waals surface area contributed by atoms with Gasteiger partial charge in [0.05, 0.1) is 0 Å². The van der Waals surface area contributed by atoms with E-state index < -0.39 is 0 Å². The number of carbonyl (C=O) groups excluding carboxylic acids is 1. The molecule has 0 atom stereocenters. The molecule has 0 spiro atoms. The molecule has 125 valence electrons. The van der Waals surface area contributed by atoms with Gasteiger partial charge in [-0.05, 0) is 23.8 Å². The van der Waals surface area contributed by atoms with Crippen LogP contribution in [-0.4, -0.2) is 17.7 Å². The van der Waals surface area contributed by atoms with E-state index in [4.69, 9.17) is 0 Å². The number of hydrogen-bond acceptors (Lipinski definition) is 2. The maximum absolute atomic E-state index is 12.2. The third kappa shape index (κ3) is 5.95. The Kier molecular flexibility index (Phi) is 11.4. The Morgan fingerprint density at radius 3 is 2.46 bits per heavy atom. The van der Waals surface area contributed by atoms with E-state index in [1.54, 1.807) is 0 Å². The first-order valence-corrected chi connectivity index (χ1v) is 8.12. The van der Waals surface area contributed by atoms with Gasteiger partial charge < -0.3 is 12.5 Å². The van der Waals surface area contributed by atoms with Crippen LogP contribution in [0, 0.1) is 7.43 Å². The summed E-state index contributed by atoms with van der Waals surface area (Å²) in [6.45, 7) is 3.63. The molecule has 0 bridgehead atoms. The van der Waals surface area contributed by atoms with E-state index in [0.717, 1.165) is 35.8 Å². The van der Waals surface area contributed by atoms with Crippen molar-refractivity contribution >= 4 is 18.2 Å². The monoisotopic (exact) mass is 398 g/mol. The van der Waals surface area contributed by atoms with Crippen molar-refractivity contribution < 1.29 is 42.5 Å². The summed E-state index contributed by atoms with van der Waals surface area (Å²) in [7, 11) is 0. The second kappa shape index (κ2) is 11.7. The third-order valence-corrected chi connectivity index (χ3v) is 3.95. The van der Waals surface area contributed by atoms with E-state index in [9.17, 15) is 9.82 Å². The quantitative estimate of drug-likeness (QED) is 0.486. The molecule has 2 aromatic rings. The Labute approximate surface area is 172 Å². The molecule has 0 saturated heterocycles. The van der Waals surface area contributed by atoms with Crippen molar-refractivity contribution in [1.29, 1.82) is 0 Å². The second-order valence-corrected chi connectivity index (χ2v) is 5.41. The first-order valence-electron chi connectivity index (χ1n) is 8.12. The predicted octanol–water partition coefficient (Wildman–Crippen LogP) is 3.72. The molecule has 24 heavy (non-hydrogen) atoms. The molecule has 2 nitrogen and oxygen atoms in total. The van der Waals surface area contributed by atoms with Crippen LogP contribution in [0.5, 0.6) is 0 Å². The molecule has 0 amide bonds. The minimum Gasteiger partial charge on any atom is -0.446 e. The summed E-state index contributed by atoms with van der Waals surface area (Å²) in [6.07, 6.45) is 3.28. The van der Waals surface area contributed by atoms with Gasteiger partial charge in [0.15, 0.2) is 5.78 Å². The number of Topliss-reactive ketones (excluding diaryl/α,β-unsaturated/α-hetero) is 1. The Morgan fingerprint density at radius 2 is 1.79 bits per heavy atom. The van der Waals surface area contributed by atoms with Gasteiger partial charge in [-0.15, -0.1) is 0 Å². The summed E-state index contributed by atoms with van der Waals surface area (Å²) in [4.78, 5) is 12.2. The van der Waals surface area contributed by atoms with Gasteiger partial charge >= 0.3 is 6.92 Å². The molecule has 1 radical (unpaired) electrons. The first kappa shape index (κ1) is 23.2. The van der Waals surface area contributed by atoms with Crippen LogP contribution in [0.4, 0.5) is 0 Å². The van der Waals surface area contributed by atoms with Crippen molar-refractivity contribution in [2.24, 2.45) is 0 Å². The molecule has 1 aliphatic heterocycles. The topological polar surface area (TPSA) is 37.3 Å². The molecule has 1 heterocycles. The molecule has 1 aliphatic rings. The normalized spacial score (nSPS) is 11.9. The molecular weight excluding hydrogens is 372 g/mol. The van der Waals surface area contributed by atoms with Crippen molar-refractivity contribution in [2.45, 2.75) is 39.4 Å². The number of aryl methyl sites for hydroxylation is 1. The van der Waals surface area contributed by atoms with Crippen LogP contribution in [0.1, 0.15) is 41.8 Å². The summed E-state index contributed by atoms with van der Waals surface area (Å²) in [5.41, 5.74) is 3.96. The van der Waals surface area contributed by atoms with Crippen molar-refractivity contribution in [3.8, 4) is 0 Å². The van der Waals surface area contributed by atoms with E-state index in [-0.39, 0.29) is 52.8 Å². The Hall–Kier alpha value is -0.761. The van der Waals surface area contributed by atoms with Gasteiger partial charge in [0, 0.05) is 44.7 Å². The van der Waals surface area contributed by atoms with E-state index >= 15 is 0 Å². The molecule has 0 fully saturated rings. The fourth-order valence-electron chi connectivity index (χ4n) is 2.85. The summed E-state index contributed by atoms with van der Waals surface area (Å²) < 4.78 is 0. The zero-order chi connectivity index (χ0) is 15.9. The summed E-state index contributed by atoms with van der Waals surface area (Å²) >= 11 is 0. The summed E-state index contributed by atoms with van der Waals surface area (Å²) in [6, 6.07) is 15.4. The molecule has 2 aromatic carbocycles. The predicted molar refractivity (Wildman–Crippen MR) is 99.4 cm³/mol. The van der Waals surface area contributed by atoms with Gasteiger partial charge in [0.1, 0.15) is 0 Å². The van der Waals surface area contributed by atoms with Crippen LogP contribution in [0.25, 0.3) is 0 Å². The fraction of sp³-hybridized carbons (Fsp3) is 0.300. The van der Waals surface area contributed by atoms with Crippen molar-refractivity contribution in [1.82, 2.24) is 0 Å². The van der Waals surface area contributed by atoms with Crippen LogP contribution >= 0.6 is 0 Å². The zero-order valence-corrected chi connectivity index (χ0v) is 17.8. The van der Waals surface area contributed by atoms with Crippen LogP contribution in [0.3, 0.4) is 0 Å². The summed E-state index contributed by atoms with van der Waals surface area (Å²) in [5.74, 6) is 0.121. The molecule has 0 saturated carbocycles. The SMILES string of the molecule is CC.O=C(Cc1ccc2c(c1)B(O)CCC2)c1ccccc1.[CH3-].[Y].